The molecule has 1 aromatic carbocycles. The Morgan fingerprint density at radius 2 is 2.18 bits per heavy atom. The zero-order chi connectivity index (χ0) is 12.1. The minimum absolute atomic E-state index is 0.485. The molecule has 0 spiro atoms. The highest BCUT2D eigenvalue weighted by Gasteiger charge is 2.08. The first-order valence-corrected chi connectivity index (χ1v) is 6.12. The molecule has 2 N–H and O–H groups in total. The van der Waals surface area contributed by atoms with E-state index >= 15 is 0 Å². The Morgan fingerprint density at radius 1 is 1.35 bits per heavy atom. The maximum absolute atomic E-state index is 5.31. The van der Waals surface area contributed by atoms with E-state index in [1.165, 1.54) is 0 Å². The summed E-state index contributed by atoms with van der Waals surface area (Å²) in [7, 11) is 1.66. The van der Waals surface area contributed by atoms with Crippen LogP contribution in [0.3, 0.4) is 0 Å². The molecule has 0 amide bonds. The summed E-state index contributed by atoms with van der Waals surface area (Å²) in [4.78, 5) is 9.08. The van der Waals surface area contributed by atoms with Crippen molar-refractivity contribution in [1.29, 1.82) is 0 Å². The van der Waals surface area contributed by atoms with Gasteiger partial charge in [-0.15, -0.1) is 11.3 Å². The van der Waals surface area contributed by atoms with Crippen LogP contribution in [0.4, 0.5) is 0 Å². The standard InChI is InChI=1S/C12H14N2O2S/c1-15-11-5-3-2-4-9(11)10-8-17-12(14-10)6-7-16-13/h2-5,8H,6-7,13H2,1H3. The van der Waals surface area contributed by atoms with Gasteiger partial charge in [-0.3, -0.25) is 0 Å². The molecule has 2 rings (SSSR count). The molecule has 0 unspecified atom stereocenters. The first kappa shape index (κ1) is 12.0. The Kier molecular flexibility index (Phi) is 4.08. The monoisotopic (exact) mass is 250 g/mol. The first-order valence-electron chi connectivity index (χ1n) is 5.24. The number of para-hydroxylation sites is 1. The number of benzene rings is 1. The Labute approximate surface area is 104 Å². The summed E-state index contributed by atoms with van der Waals surface area (Å²) in [5.74, 6) is 5.83. The van der Waals surface area contributed by atoms with E-state index in [0.717, 1.165) is 28.4 Å². The van der Waals surface area contributed by atoms with Crippen LogP contribution in [0.2, 0.25) is 0 Å². The Morgan fingerprint density at radius 3 is 2.94 bits per heavy atom. The summed E-state index contributed by atoms with van der Waals surface area (Å²) in [5, 5.41) is 3.03. The van der Waals surface area contributed by atoms with E-state index in [2.05, 4.69) is 9.82 Å². The predicted octanol–water partition coefficient (Wildman–Crippen LogP) is 2.25. The third-order valence-corrected chi connectivity index (χ3v) is 3.28. The second-order valence-electron chi connectivity index (χ2n) is 3.45. The van der Waals surface area contributed by atoms with Gasteiger partial charge in [0.05, 0.1) is 24.4 Å². The summed E-state index contributed by atoms with van der Waals surface area (Å²) in [6, 6.07) is 7.84. The topological polar surface area (TPSA) is 57.4 Å². The molecule has 4 nitrogen and oxygen atoms in total. The van der Waals surface area contributed by atoms with Crippen molar-refractivity contribution in [2.24, 2.45) is 5.90 Å². The van der Waals surface area contributed by atoms with Gasteiger partial charge in [-0.1, -0.05) is 12.1 Å². The van der Waals surface area contributed by atoms with E-state index in [1.54, 1.807) is 18.4 Å². The van der Waals surface area contributed by atoms with Crippen molar-refractivity contribution in [2.45, 2.75) is 6.42 Å². The van der Waals surface area contributed by atoms with Gasteiger partial charge in [-0.05, 0) is 12.1 Å². The quantitative estimate of drug-likeness (QED) is 0.827. The molecule has 0 radical (unpaired) electrons. The summed E-state index contributed by atoms with van der Waals surface area (Å²) in [5.41, 5.74) is 1.94. The van der Waals surface area contributed by atoms with Gasteiger partial charge in [-0.25, -0.2) is 10.9 Å². The first-order chi connectivity index (χ1) is 8.35. The van der Waals surface area contributed by atoms with Gasteiger partial charge in [0.1, 0.15) is 5.75 Å². The van der Waals surface area contributed by atoms with E-state index in [1.807, 2.05) is 29.6 Å². The normalized spacial score (nSPS) is 10.5. The number of hydrogen-bond acceptors (Lipinski definition) is 5. The Hall–Kier alpha value is -1.43. The highest BCUT2D eigenvalue weighted by molar-refractivity contribution is 7.09. The molecule has 0 aliphatic carbocycles. The highest BCUT2D eigenvalue weighted by Crippen LogP contribution is 2.30. The fourth-order valence-corrected chi connectivity index (χ4v) is 2.33. The lowest BCUT2D eigenvalue weighted by molar-refractivity contribution is 0.141. The third-order valence-electron chi connectivity index (χ3n) is 2.37. The zero-order valence-corrected chi connectivity index (χ0v) is 10.4. The molecular formula is C12H14N2O2S. The van der Waals surface area contributed by atoms with Gasteiger partial charge < -0.3 is 9.57 Å². The van der Waals surface area contributed by atoms with Gasteiger partial charge in [0, 0.05) is 17.4 Å². The van der Waals surface area contributed by atoms with Gasteiger partial charge in [0.15, 0.2) is 0 Å². The number of nitrogens with two attached hydrogens (primary N) is 1. The lowest BCUT2D eigenvalue weighted by atomic mass is 10.1. The van der Waals surface area contributed by atoms with E-state index in [0.29, 0.717) is 6.61 Å². The second kappa shape index (κ2) is 5.77. The molecule has 0 saturated carbocycles. The molecule has 2 aromatic rings. The maximum Gasteiger partial charge on any atom is 0.128 e. The van der Waals surface area contributed by atoms with Gasteiger partial charge >= 0.3 is 0 Å². The lowest BCUT2D eigenvalue weighted by Crippen LogP contribution is -2.03. The van der Waals surface area contributed by atoms with Crippen molar-refractivity contribution in [3.8, 4) is 17.0 Å². The van der Waals surface area contributed by atoms with Gasteiger partial charge in [0.25, 0.3) is 0 Å². The van der Waals surface area contributed by atoms with Crippen molar-refractivity contribution in [3.05, 3.63) is 34.7 Å². The molecular weight excluding hydrogens is 236 g/mol. The number of methoxy groups -OCH3 is 1. The number of nitrogens with zero attached hydrogens (tertiary/aromatic N) is 1. The van der Waals surface area contributed by atoms with Crippen molar-refractivity contribution in [1.82, 2.24) is 4.98 Å². The highest BCUT2D eigenvalue weighted by atomic mass is 32.1. The molecule has 1 aromatic heterocycles. The Bertz CT molecular complexity index is 485. The molecule has 0 atom stereocenters. The van der Waals surface area contributed by atoms with Crippen molar-refractivity contribution in [3.63, 3.8) is 0 Å². The zero-order valence-electron chi connectivity index (χ0n) is 9.55. The van der Waals surface area contributed by atoms with Crippen LogP contribution < -0.4 is 10.6 Å². The molecule has 5 heteroatoms. The number of thiazole rings is 1. The third kappa shape index (κ3) is 2.82. The van der Waals surface area contributed by atoms with Crippen LogP contribution in [-0.4, -0.2) is 18.7 Å². The summed E-state index contributed by atoms with van der Waals surface area (Å²) in [6.07, 6.45) is 0.732. The molecule has 0 aliphatic heterocycles. The fraction of sp³-hybridized carbons (Fsp3) is 0.250. The Balaban J connectivity index is 2.24. The van der Waals surface area contributed by atoms with Crippen LogP contribution >= 0.6 is 11.3 Å². The summed E-state index contributed by atoms with van der Waals surface area (Å²) >= 11 is 1.60. The SMILES string of the molecule is COc1ccccc1-c1csc(CCON)n1. The summed E-state index contributed by atoms with van der Waals surface area (Å²) in [6.45, 7) is 0.485. The van der Waals surface area contributed by atoms with Crippen LogP contribution in [-0.2, 0) is 11.3 Å². The minimum atomic E-state index is 0.485. The van der Waals surface area contributed by atoms with E-state index in [-0.39, 0.29) is 0 Å². The van der Waals surface area contributed by atoms with Crippen LogP contribution in [0.1, 0.15) is 5.01 Å². The average Bonchev–Trinajstić information content (AvgIpc) is 2.85. The van der Waals surface area contributed by atoms with Gasteiger partial charge in [0.2, 0.25) is 0 Å². The number of ether oxygens (including phenoxy) is 1. The van der Waals surface area contributed by atoms with Gasteiger partial charge in [-0.2, -0.15) is 0 Å². The van der Waals surface area contributed by atoms with Crippen molar-refractivity contribution < 1.29 is 9.57 Å². The minimum Gasteiger partial charge on any atom is -0.496 e. The molecule has 0 saturated heterocycles. The van der Waals surface area contributed by atoms with Crippen LogP contribution in [0.15, 0.2) is 29.6 Å². The van der Waals surface area contributed by atoms with Crippen LogP contribution in [0, 0.1) is 0 Å². The predicted molar refractivity (Wildman–Crippen MR) is 67.9 cm³/mol. The van der Waals surface area contributed by atoms with Crippen molar-refractivity contribution >= 4 is 11.3 Å². The van der Waals surface area contributed by atoms with Crippen LogP contribution in [0.5, 0.6) is 5.75 Å². The van der Waals surface area contributed by atoms with E-state index < -0.39 is 0 Å². The maximum atomic E-state index is 5.31. The summed E-state index contributed by atoms with van der Waals surface area (Å²) < 4.78 is 5.31. The average molecular weight is 250 g/mol. The van der Waals surface area contributed by atoms with Crippen LogP contribution in [0.25, 0.3) is 11.3 Å². The largest absolute Gasteiger partial charge is 0.496 e. The van der Waals surface area contributed by atoms with E-state index in [9.17, 15) is 0 Å². The fourth-order valence-electron chi connectivity index (χ4n) is 1.55. The molecule has 0 fully saturated rings. The molecule has 17 heavy (non-hydrogen) atoms. The molecule has 0 aliphatic rings. The smallest absolute Gasteiger partial charge is 0.128 e. The lowest BCUT2D eigenvalue weighted by Gasteiger charge is -2.04. The molecule has 90 valence electrons. The second-order valence-corrected chi connectivity index (χ2v) is 4.39. The number of hydrogen-bond donors (Lipinski definition) is 1. The van der Waals surface area contributed by atoms with E-state index in [4.69, 9.17) is 10.6 Å². The molecule has 0 bridgehead atoms. The molecule has 1 heterocycles. The number of rotatable bonds is 5. The number of aromatic nitrogens is 1. The van der Waals surface area contributed by atoms with Crippen molar-refractivity contribution in [2.75, 3.05) is 13.7 Å².